The van der Waals surface area contributed by atoms with Crippen molar-refractivity contribution in [2.75, 3.05) is 0 Å². The Morgan fingerprint density at radius 3 is 1.31 bits per heavy atom. The van der Waals surface area contributed by atoms with Crippen LogP contribution in [0, 0.1) is 11.8 Å². The summed E-state index contributed by atoms with van der Waals surface area (Å²) in [4.78, 5) is 0. The lowest BCUT2D eigenvalue weighted by atomic mass is 10.1. The molecule has 0 aromatic rings. The maximum Gasteiger partial charge on any atom is 0.0365 e. The van der Waals surface area contributed by atoms with Gasteiger partial charge in [-0.2, -0.15) is 0 Å². The molecule has 2 fully saturated rings. The summed E-state index contributed by atoms with van der Waals surface area (Å²) in [6.07, 6.45) is 6.33. The SMILES string of the molecule is CC1CC[SiH](CC[SiH]2CCC(C)CC2)CC1. The van der Waals surface area contributed by atoms with Crippen LogP contribution in [-0.4, -0.2) is 17.6 Å². The fourth-order valence-corrected chi connectivity index (χ4v) is 13.4. The zero-order valence-electron chi connectivity index (χ0n) is 11.4. The molecule has 0 radical (unpaired) electrons. The molecule has 2 heterocycles. The number of hydrogen-bond donors (Lipinski definition) is 0. The van der Waals surface area contributed by atoms with Crippen molar-refractivity contribution < 1.29 is 0 Å². The van der Waals surface area contributed by atoms with Gasteiger partial charge < -0.3 is 0 Å². The molecule has 0 aliphatic carbocycles. The highest BCUT2D eigenvalue weighted by Crippen LogP contribution is 2.31. The lowest BCUT2D eigenvalue weighted by molar-refractivity contribution is 0.514. The minimum Gasteiger partial charge on any atom is -0.0626 e. The first kappa shape index (κ1) is 12.9. The minimum absolute atomic E-state index is 0.217. The van der Waals surface area contributed by atoms with Gasteiger partial charge in [0.1, 0.15) is 0 Å². The minimum atomic E-state index is -0.217. The van der Waals surface area contributed by atoms with Crippen LogP contribution >= 0.6 is 0 Å². The summed E-state index contributed by atoms with van der Waals surface area (Å²) in [6.45, 7) is 4.92. The lowest BCUT2D eigenvalue weighted by Crippen LogP contribution is -2.25. The van der Waals surface area contributed by atoms with Gasteiger partial charge in [0.25, 0.3) is 0 Å². The molecule has 0 bridgehead atoms. The van der Waals surface area contributed by atoms with Crippen molar-refractivity contribution in [1.82, 2.24) is 0 Å². The molecule has 0 spiro atoms. The van der Waals surface area contributed by atoms with Crippen LogP contribution in [0.15, 0.2) is 0 Å². The molecule has 2 saturated heterocycles. The second-order valence-corrected chi connectivity index (χ2v) is 13.8. The van der Waals surface area contributed by atoms with Gasteiger partial charge in [-0.3, -0.25) is 0 Å². The van der Waals surface area contributed by atoms with Crippen LogP contribution in [0.2, 0.25) is 36.3 Å². The second-order valence-electron chi connectivity index (χ2n) is 6.83. The molecule has 0 aromatic carbocycles. The molecule has 0 atom stereocenters. The fourth-order valence-electron chi connectivity index (χ4n) is 3.71. The van der Waals surface area contributed by atoms with E-state index >= 15 is 0 Å². The zero-order valence-corrected chi connectivity index (χ0v) is 13.7. The van der Waals surface area contributed by atoms with E-state index in [4.69, 9.17) is 0 Å². The lowest BCUT2D eigenvalue weighted by Gasteiger charge is -2.28. The van der Waals surface area contributed by atoms with Crippen molar-refractivity contribution >= 4 is 17.6 Å². The van der Waals surface area contributed by atoms with Crippen LogP contribution in [0.25, 0.3) is 0 Å². The molecule has 2 heteroatoms. The van der Waals surface area contributed by atoms with Gasteiger partial charge in [0.15, 0.2) is 0 Å². The molecule has 2 aliphatic rings. The van der Waals surface area contributed by atoms with E-state index in [9.17, 15) is 0 Å². The average Bonchev–Trinajstić information content (AvgIpc) is 2.30. The van der Waals surface area contributed by atoms with Gasteiger partial charge in [-0.05, 0) is 11.8 Å². The molecule has 0 nitrogen and oxygen atoms in total. The average molecular weight is 255 g/mol. The normalized spacial score (nSPS) is 40.9. The van der Waals surface area contributed by atoms with E-state index in [0.717, 1.165) is 11.8 Å². The Bertz CT molecular complexity index is 167. The summed E-state index contributed by atoms with van der Waals surface area (Å²) < 4.78 is 0. The van der Waals surface area contributed by atoms with Crippen LogP contribution in [0.5, 0.6) is 0 Å². The highest BCUT2D eigenvalue weighted by Gasteiger charge is 2.23. The van der Waals surface area contributed by atoms with Crippen LogP contribution in [-0.2, 0) is 0 Å². The Hall–Kier alpha value is 0.434. The maximum atomic E-state index is 2.46. The largest absolute Gasteiger partial charge is 0.0626 e. The second kappa shape index (κ2) is 6.39. The molecule has 2 rings (SSSR count). The molecule has 0 N–H and O–H groups in total. The Kier molecular flexibility index (Phi) is 5.14. The van der Waals surface area contributed by atoms with Gasteiger partial charge in [-0.1, -0.05) is 75.8 Å². The first-order valence-electron chi connectivity index (χ1n) is 7.74. The quantitative estimate of drug-likeness (QED) is 0.659. The number of hydrogen-bond acceptors (Lipinski definition) is 0. The Balaban J connectivity index is 1.60. The van der Waals surface area contributed by atoms with E-state index in [-0.39, 0.29) is 17.6 Å². The van der Waals surface area contributed by atoms with E-state index in [1.54, 1.807) is 61.9 Å². The van der Waals surface area contributed by atoms with Crippen molar-refractivity contribution in [3.05, 3.63) is 0 Å². The maximum absolute atomic E-state index is 2.46. The van der Waals surface area contributed by atoms with E-state index in [0.29, 0.717) is 0 Å². The molecular weight excluding hydrogens is 224 g/mol. The standard InChI is InChI=1S/C14H30Si2/c1-13-3-7-15(8-4-13)11-12-16-9-5-14(2)6-10-16/h13-16H,3-12H2,1-2H3. The van der Waals surface area contributed by atoms with Crippen LogP contribution in [0.3, 0.4) is 0 Å². The van der Waals surface area contributed by atoms with E-state index in [1.165, 1.54) is 0 Å². The smallest absolute Gasteiger partial charge is 0.0365 e. The van der Waals surface area contributed by atoms with E-state index in [1.807, 2.05) is 0 Å². The van der Waals surface area contributed by atoms with E-state index < -0.39 is 0 Å². The zero-order chi connectivity index (χ0) is 11.4. The molecule has 0 aromatic heterocycles. The van der Waals surface area contributed by atoms with Crippen LogP contribution in [0.4, 0.5) is 0 Å². The van der Waals surface area contributed by atoms with Crippen molar-refractivity contribution in [2.45, 2.75) is 75.8 Å². The van der Waals surface area contributed by atoms with Crippen LogP contribution in [0.1, 0.15) is 39.5 Å². The topological polar surface area (TPSA) is 0 Å². The first-order valence-corrected chi connectivity index (χ1v) is 12.6. The first-order chi connectivity index (χ1) is 7.74. The van der Waals surface area contributed by atoms with E-state index in [2.05, 4.69) is 13.8 Å². The third-order valence-electron chi connectivity index (χ3n) is 5.25. The molecular formula is C14H30Si2. The summed E-state index contributed by atoms with van der Waals surface area (Å²) >= 11 is 0. The predicted molar refractivity (Wildman–Crippen MR) is 79.9 cm³/mol. The molecule has 2 aliphatic heterocycles. The van der Waals surface area contributed by atoms with Gasteiger partial charge >= 0.3 is 0 Å². The predicted octanol–water partition coefficient (Wildman–Crippen LogP) is 4.30. The summed E-state index contributed by atoms with van der Waals surface area (Å²) in [6, 6.07) is 10.3. The summed E-state index contributed by atoms with van der Waals surface area (Å²) in [5.74, 6) is 2.13. The molecule has 0 amide bonds. The fraction of sp³-hybridized carbons (Fsp3) is 1.00. The Labute approximate surface area is 105 Å². The van der Waals surface area contributed by atoms with Crippen molar-refractivity contribution in [3.8, 4) is 0 Å². The van der Waals surface area contributed by atoms with Crippen molar-refractivity contribution in [3.63, 3.8) is 0 Å². The van der Waals surface area contributed by atoms with Crippen molar-refractivity contribution in [2.24, 2.45) is 11.8 Å². The van der Waals surface area contributed by atoms with Gasteiger partial charge in [0.2, 0.25) is 0 Å². The van der Waals surface area contributed by atoms with Crippen LogP contribution < -0.4 is 0 Å². The van der Waals surface area contributed by atoms with Gasteiger partial charge in [-0.25, -0.2) is 0 Å². The van der Waals surface area contributed by atoms with Crippen molar-refractivity contribution in [1.29, 1.82) is 0 Å². The highest BCUT2D eigenvalue weighted by molar-refractivity contribution is 6.64. The molecule has 0 unspecified atom stereocenters. The van der Waals surface area contributed by atoms with Gasteiger partial charge in [0.05, 0.1) is 0 Å². The molecule has 94 valence electrons. The summed E-state index contributed by atoms with van der Waals surface area (Å²) in [5.41, 5.74) is 0. The third kappa shape index (κ3) is 4.03. The van der Waals surface area contributed by atoms with Gasteiger partial charge in [0, 0.05) is 17.6 Å². The third-order valence-corrected chi connectivity index (χ3v) is 12.8. The number of rotatable bonds is 3. The van der Waals surface area contributed by atoms with Gasteiger partial charge in [-0.15, -0.1) is 0 Å². The Morgan fingerprint density at radius 2 is 1.00 bits per heavy atom. The highest BCUT2D eigenvalue weighted by atomic mass is 28.3. The summed E-state index contributed by atoms with van der Waals surface area (Å²) in [5, 5.41) is 0. The molecule has 16 heavy (non-hydrogen) atoms. The monoisotopic (exact) mass is 254 g/mol. The molecule has 0 saturated carbocycles. The Morgan fingerprint density at radius 1 is 0.688 bits per heavy atom. The summed E-state index contributed by atoms with van der Waals surface area (Å²) in [7, 11) is -0.433.